The van der Waals surface area contributed by atoms with Crippen LogP contribution in [-0.2, 0) is 4.79 Å². The number of nitrogens with one attached hydrogen (secondary N) is 1. The van der Waals surface area contributed by atoms with Crippen LogP contribution in [-0.4, -0.2) is 61.0 Å². The molecule has 6 heteroatoms. The summed E-state index contributed by atoms with van der Waals surface area (Å²) in [6.07, 6.45) is 7.06. The molecule has 124 valence electrons. The summed E-state index contributed by atoms with van der Waals surface area (Å²) >= 11 is 0. The van der Waals surface area contributed by atoms with Gasteiger partial charge in [-0.15, -0.1) is 24.8 Å². The summed E-state index contributed by atoms with van der Waals surface area (Å²) in [5.74, 6) is 0.984. The number of nitrogens with zero attached hydrogens (tertiary/aromatic N) is 2. The molecule has 21 heavy (non-hydrogen) atoms. The van der Waals surface area contributed by atoms with Crippen molar-refractivity contribution in [1.29, 1.82) is 0 Å². The molecule has 1 unspecified atom stereocenters. The second kappa shape index (κ2) is 9.19. The average molecular weight is 338 g/mol. The third-order valence-electron chi connectivity index (χ3n) is 5.10. The van der Waals surface area contributed by atoms with Gasteiger partial charge in [-0.05, 0) is 64.2 Å². The van der Waals surface area contributed by atoms with E-state index in [0.29, 0.717) is 11.8 Å². The van der Waals surface area contributed by atoms with Crippen LogP contribution >= 0.6 is 24.8 Å². The lowest BCUT2D eigenvalue weighted by atomic mass is 10.0. The van der Waals surface area contributed by atoms with Crippen molar-refractivity contribution >= 4 is 30.7 Å². The fourth-order valence-electron chi connectivity index (χ4n) is 3.85. The van der Waals surface area contributed by atoms with E-state index in [0.717, 1.165) is 38.6 Å². The number of hydrogen-bond acceptors (Lipinski definition) is 3. The predicted molar refractivity (Wildman–Crippen MR) is 90.5 cm³/mol. The Kier molecular flexibility index (Phi) is 8.32. The van der Waals surface area contributed by atoms with Crippen LogP contribution in [0.15, 0.2) is 0 Å². The first-order valence-electron chi connectivity index (χ1n) is 8.05. The molecule has 3 saturated heterocycles. The molecule has 0 aliphatic carbocycles. The Morgan fingerprint density at radius 1 is 1.00 bits per heavy atom. The number of carbonyl (C=O) groups is 1. The Bertz CT molecular complexity index is 310. The number of likely N-dealkylation sites (tertiary alicyclic amines) is 2. The quantitative estimate of drug-likeness (QED) is 0.854. The standard InChI is InChI=1S/C15H27N3O.2ClH/c19-15(11-13-3-6-16-12-13)18-9-4-14(5-10-18)17-7-1-2-8-17;;/h13-14,16H,1-12H2;2*1H. The third-order valence-corrected chi connectivity index (χ3v) is 5.10. The number of halogens is 2. The van der Waals surface area contributed by atoms with Crippen LogP contribution in [0.5, 0.6) is 0 Å². The summed E-state index contributed by atoms with van der Waals surface area (Å²) < 4.78 is 0. The fraction of sp³-hybridized carbons (Fsp3) is 0.933. The molecule has 1 amide bonds. The fourth-order valence-corrected chi connectivity index (χ4v) is 3.85. The van der Waals surface area contributed by atoms with Gasteiger partial charge < -0.3 is 15.1 Å². The second-order valence-corrected chi connectivity index (χ2v) is 6.42. The largest absolute Gasteiger partial charge is 0.343 e. The van der Waals surface area contributed by atoms with Gasteiger partial charge in [0.1, 0.15) is 0 Å². The Morgan fingerprint density at radius 2 is 1.67 bits per heavy atom. The van der Waals surface area contributed by atoms with Gasteiger partial charge >= 0.3 is 0 Å². The molecule has 0 spiro atoms. The second-order valence-electron chi connectivity index (χ2n) is 6.42. The molecule has 3 aliphatic rings. The van der Waals surface area contributed by atoms with Crippen molar-refractivity contribution in [3.05, 3.63) is 0 Å². The highest BCUT2D eigenvalue weighted by atomic mass is 35.5. The van der Waals surface area contributed by atoms with Crippen LogP contribution < -0.4 is 5.32 Å². The van der Waals surface area contributed by atoms with Crippen LogP contribution in [0.25, 0.3) is 0 Å². The van der Waals surface area contributed by atoms with Crippen LogP contribution in [0, 0.1) is 5.92 Å². The topological polar surface area (TPSA) is 35.6 Å². The third kappa shape index (κ3) is 4.98. The smallest absolute Gasteiger partial charge is 0.222 e. The summed E-state index contributed by atoms with van der Waals surface area (Å²) in [7, 11) is 0. The maximum absolute atomic E-state index is 12.3. The number of amides is 1. The van der Waals surface area contributed by atoms with Crippen LogP contribution in [0.3, 0.4) is 0 Å². The highest BCUT2D eigenvalue weighted by molar-refractivity contribution is 5.85. The molecule has 4 nitrogen and oxygen atoms in total. The van der Waals surface area contributed by atoms with E-state index in [1.165, 1.54) is 45.2 Å². The van der Waals surface area contributed by atoms with Crippen LogP contribution in [0.4, 0.5) is 0 Å². The van der Waals surface area contributed by atoms with Crippen molar-refractivity contribution in [3.8, 4) is 0 Å². The first-order chi connectivity index (χ1) is 9.33. The van der Waals surface area contributed by atoms with Crippen molar-refractivity contribution in [1.82, 2.24) is 15.1 Å². The first-order valence-corrected chi connectivity index (χ1v) is 8.05. The van der Waals surface area contributed by atoms with Gasteiger partial charge in [-0.2, -0.15) is 0 Å². The van der Waals surface area contributed by atoms with Gasteiger partial charge in [-0.3, -0.25) is 4.79 Å². The SMILES string of the molecule is Cl.Cl.O=C(CC1CCNC1)N1CCC(N2CCCC2)CC1. The number of piperidine rings is 1. The molecule has 3 aliphatic heterocycles. The summed E-state index contributed by atoms with van der Waals surface area (Å²) in [4.78, 5) is 17.0. The van der Waals surface area contributed by atoms with Gasteiger partial charge in [0.25, 0.3) is 0 Å². The molecule has 3 fully saturated rings. The minimum atomic E-state index is 0. The zero-order valence-corrected chi connectivity index (χ0v) is 14.4. The summed E-state index contributed by atoms with van der Waals surface area (Å²) in [6.45, 7) is 6.67. The highest BCUT2D eigenvalue weighted by Crippen LogP contribution is 2.22. The van der Waals surface area contributed by atoms with Crippen molar-refractivity contribution in [2.45, 2.75) is 44.6 Å². The Balaban J connectivity index is 0.00000110. The zero-order valence-electron chi connectivity index (χ0n) is 12.8. The normalized spacial score (nSPS) is 27.2. The molecular formula is C15H29Cl2N3O. The Labute approximate surface area is 140 Å². The van der Waals surface area contributed by atoms with E-state index in [1.807, 2.05) is 0 Å². The van der Waals surface area contributed by atoms with Crippen molar-refractivity contribution < 1.29 is 4.79 Å². The molecule has 0 aromatic heterocycles. The number of rotatable bonds is 3. The molecule has 1 N–H and O–H groups in total. The molecule has 0 saturated carbocycles. The van der Waals surface area contributed by atoms with Crippen LogP contribution in [0.2, 0.25) is 0 Å². The zero-order chi connectivity index (χ0) is 13.1. The molecule has 0 radical (unpaired) electrons. The first kappa shape index (κ1) is 19.0. The van der Waals surface area contributed by atoms with E-state index >= 15 is 0 Å². The molecule has 3 rings (SSSR count). The number of carbonyl (C=O) groups excluding carboxylic acids is 1. The Morgan fingerprint density at radius 3 is 2.24 bits per heavy atom. The van der Waals surface area contributed by atoms with E-state index in [4.69, 9.17) is 0 Å². The molecule has 0 aromatic carbocycles. The van der Waals surface area contributed by atoms with Gasteiger partial charge in [-0.1, -0.05) is 0 Å². The van der Waals surface area contributed by atoms with Crippen molar-refractivity contribution in [2.24, 2.45) is 5.92 Å². The van der Waals surface area contributed by atoms with Crippen molar-refractivity contribution in [2.75, 3.05) is 39.3 Å². The lowest BCUT2D eigenvalue weighted by Crippen LogP contribution is -2.46. The van der Waals surface area contributed by atoms with Crippen LogP contribution in [0.1, 0.15) is 38.5 Å². The van der Waals surface area contributed by atoms with Gasteiger partial charge in [0.2, 0.25) is 5.91 Å². The minimum Gasteiger partial charge on any atom is -0.343 e. The van der Waals surface area contributed by atoms with Gasteiger partial charge in [0.15, 0.2) is 0 Å². The summed E-state index contributed by atoms with van der Waals surface area (Å²) in [6, 6.07) is 0.750. The molecular weight excluding hydrogens is 309 g/mol. The van der Waals surface area contributed by atoms with Gasteiger partial charge in [-0.25, -0.2) is 0 Å². The molecule has 3 heterocycles. The minimum absolute atomic E-state index is 0. The van der Waals surface area contributed by atoms with E-state index in [1.54, 1.807) is 0 Å². The van der Waals surface area contributed by atoms with E-state index in [9.17, 15) is 4.79 Å². The van der Waals surface area contributed by atoms with Gasteiger partial charge in [0, 0.05) is 25.6 Å². The van der Waals surface area contributed by atoms with E-state index in [-0.39, 0.29) is 24.8 Å². The summed E-state index contributed by atoms with van der Waals surface area (Å²) in [5, 5.41) is 3.35. The highest BCUT2D eigenvalue weighted by Gasteiger charge is 2.29. The predicted octanol–water partition coefficient (Wildman–Crippen LogP) is 1.92. The molecule has 1 atom stereocenters. The molecule has 0 aromatic rings. The lowest BCUT2D eigenvalue weighted by Gasteiger charge is -2.37. The maximum Gasteiger partial charge on any atom is 0.222 e. The summed E-state index contributed by atoms with van der Waals surface area (Å²) in [5.41, 5.74) is 0. The van der Waals surface area contributed by atoms with Crippen molar-refractivity contribution in [3.63, 3.8) is 0 Å². The maximum atomic E-state index is 12.3. The van der Waals surface area contributed by atoms with E-state index < -0.39 is 0 Å². The van der Waals surface area contributed by atoms with E-state index in [2.05, 4.69) is 15.1 Å². The Hall–Kier alpha value is -0.0300. The molecule has 0 bridgehead atoms. The average Bonchev–Trinajstić information content (AvgIpc) is 3.12. The number of hydrogen-bond donors (Lipinski definition) is 1. The van der Waals surface area contributed by atoms with Gasteiger partial charge in [0.05, 0.1) is 0 Å². The lowest BCUT2D eigenvalue weighted by molar-refractivity contribution is -0.133. The monoisotopic (exact) mass is 337 g/mol.